The smallest absolute Gasteiger partial charge is 0.279 e. The number of likely N-dealkylation sites (N-methyl/N-ethyl adjacent to an activating group) is 1. The Morgan fingerprint density at radius 2 is 1.26 bits per heavy atom. The van der Waals surface area contributed by atoms with Gasteiger partial charge in [0.1, 0.15) is 0 Å². The van der Waals surface area contributed by atoms with Gasteiger partial charge in [-0.1, -0.05) is 35.3 Å². The van der Waals surface area contributed by atoms with E-state index in [0.29, 0.717) is 28.0 Å². The molecule has 0 aliphatic rings. The van der Waals surface area contributed by atoms with Crippen LogP contribution in [-0.4, -0.2) is 31.4 Å². The molecule has 0 aliphatic carbocycles. The van der Waals surface area contributed by atoms with Gasteiger partial charge in [0.05, 0.1) is 6.54 Å². The average Bonchev–Trinajstić information content (AvgIpc) is 2.60. The van der Waals surface area contributed by atoms with E-state index in [1.165, 1.54) is 0 Å². The van der Waals surface area contributed by atoms with Crippen LogP contribution in [-0.2, 0) is 9.59 Å². The fourth-order valence-corrected chi connectivity index (χ4v) is 2.96. The molecule has 0 atom stereocenters. The van der Waals surface area contributed by atoms with Crippen molar-refractivity contribution in [2.45, 2.75) is 20.8 Å². The first-order chi connectivity index (χ1) is 12.8. The van der Waals surface area contributed by atoms with Gasteiger partial charge >= 0.3 is 0 Å². The van der Waals surface area contributed by atoms with Crippen molar-refractivity contribution in [3.63, 3.8) is 0 Å². The number of carbonyl (C=O) groups excluding carboxylic acids is 2. The van der Waals surface area contributed by atoms with Gasteiger partial charge in [-0.25, -0.2) is 0 Å². The van der Waals surface area contributed by atoms with Crippen molar-refractivity contribution in [1.29, 1.82) is 0 Å². The predicted octanol–water partition coefficient (Wildman–Crippen LogP) is 3.09. The first kappa shape index (κ1) is 21.2. The Labute approximate surface area is 169 Å². The van der Waals surface area contributed by atoms with Crippen LogP contribution < -0.4 is 15.5 Å². The number of nitrogens with one attached hydrogen (secondary N) is 3. The van der Waals surface area contributed by atoms with Gasteiger partial charge in [-0.3, -0.25) is 9.59 Å². The molecule has 0 heterocycles. The molecular formula is C20H24Cl2N3O2+. The van der Waals surface area contributed by atoms with E-state index >= 15 is 0 Å². The molecule has 2 amide bonds. The van der Waals surface area contributed by atoms with E-state index in [0.717, 1.165) is 16.0 Å². The van der Waals surface area contributed by atoms with Gasteiger partial charge in [-0.2, -0.15) is 0 Å². The van der Waals surface area contributed by atoms with Crippen LogP contribution in [0.25, 0.3) is 0 Å². The Morgan fingerprint density at radius 3 is 1.63 bits per heavy atom. The third-order valence-electron chi connectivity index (χ3n) is 4.27. The highest BCUT2D eigenvalue weighted by Gasteiger charge is 2.18. The molecule has 5 nitrogen and oxygen atoms in total. The number of anilines is 2. The van der Waals surface area contributed by atoms with Crippen molar-refractivity contribution >= 4 is 46.4 Å². The zero-order chi connectivity index (χ0) is 20.0. The SMILES string of the molecule is CC[NH+](CC(=O)Nc1cc(Cl)ccc1C)CC(=O)Nc1cc(Cl)ccc1C. The number of quaternary nitrogens is 1. The number of halogens is 2. The van der Waals surface area contributed by atoms with Gasteiger partial charge in [0.2, 0.25) is 0 Å². The van der Waals surface area contributed by atoms with Crippen molar-refractivity contribution in [3.05, 3.63) is 57.6 Å². The molecule has 0 fully saturated rings. The molecule has 0 saturated carbocycles. The Bertz CT molecular complexity index is 772. The van der Waals surface area contributed by atoms with Gasteiger partial charge in [-0.15, -0.1) is 0 Å². The van der Waals surface area contributed by atoms with E-state index in [-0.39, 0.29) is 24.9 Å². The average molecular weight is 409 g/mol. The minimum absolute atomic E-state index is 0.163. The Kier molecular flexibility index (Phi) is 7.66. The molecule has 2 aromatic carbocycles. The highest BCUT2D eigenvalue weighted by atomic mass is 35.5. The van der Waals surface area contributed by atoms with Crippen molar-refractivity contribution in [1.82, 2.24) is 0 Å². The maximum Gasteiger partial charge on any atom is 0.279 e. The summed E-state index contributed by atoms with van der Waals surface area (Å²) in [5.41, 5.74) is 3.23. The summed E-state index contributed by atoms with van der Waals surface area (Å²) < 4.78 is 0. The molecule has 0 bridgehead atoms. The monoisotopic (exact) mass is 408 g/mol. The molecule has 0 aromatic heterocycles. The van der Waals surface area contributed by atoms with Crippen LogP contribution in [0.3, 0.4) is 0 Å². The Balaban J connectivity index is 1.94. The van der Waals surface area contributed by atoms with Crippen LogP contribution >= 0.6 is 23.2 Å². The van der Waals surface area contributed by atoms with Crippen molar-refractivity contribution in [2.24, 2.45) is 0 Å². The second kappa shape index (κ2) is 9.74. The molecule has 7 heteroatoms. The summed E-state index contributed by atoms with van der Waals surface area (Å²) in [6, 6.07) is 10.7. The lowest BCUT2D eigenvalue weighted by atomic mass is 10.2. The first-order valence-corrected chi connectivity index (χ1v) is 9.49. The molecule has 144 valence electrons. The van der Waals surface area contributed by atoms with E-state index in [1.807, 2.05) is 32.9 Å². The molecule has 0 saturated heterocycles. The lowest BCUT2D eigenvalue weighted by Crippen LogP contribution is -3.13. The summed E-state index contributed by atoms with van der Waals surface area (Å²) in [5.74, 6) is -0.326. The third-order valence-corrected chi connectivity index (χ3v) is 4.74. The first-order valence-electron chi connectivity index (χ1n) is 8.74. The molecule has 2 rings (SSSR count). The molecular weight excluding hydrogens is 385 g/mol. The van der Waals surface area contributed by atoms with Crippen LogP contribution in [0.4, 0.5) is 11.4 Å². The summed E-state index contributed by atoms with van der Waals surface area (Å²) in [4.78, 5) is 25.6. The van der Waals surface area contributed by atoms with Crippen LogP contribution in [0.1, 0.15) is 18.1 Å². The van der Waals surface area contributed by atoms with Crippen LogP contribution in [0.15, 0.2) is 36.4 Å². The van der Waals surface area contributed by atoms with E-state index < -0.39 is 0 Å². The molecule has 0 radical (unpaired) electrons. The van der Waals surface area contributed by atoms with Crippen molar-refractivity contribution in [2.75, 3.05) is 30.3 Å². The molecule has 27 heavy (non-hydrogen) atoms. The van der Waals surface area contributed by atoms with Gasteiger partial charge in [-0.05, 0) is 56.2 Å². The van der Waals surface area contributed by atoms with Gasteiger partial charge in [0.25, 0.3) is 11.8 Å². The molecule has 3 N–H and O–H groups in total. The highest BCUT2D eigenvalue weighted by Crippen LogP contribution is 2.20. The lowest BCUT2D eigenvalue weighted by Gasteiger charge is -2.18. The van der Waals surface area contributed by atoms with Gasteiger partial charge < -0.3 is 15.5 Å². The summed E-state index contributed by atoms with van der Waals surface area (Å²) in [6.45, 7) is 6.75. The Morgan fingerprint density at radius 1 is 0.852 bits per heavy atom. The zero-order valence-corrected chi connectivity index (χ0v) is 17.2. The molecule has 0 unspecified atom stereocenters. The standard InChI is InChI=1S/C20H23Cl2N3O2/c1-4-25(11-19(26)23-17-9-15(21)7-5-13(17)2)12-20(27)24-18-10-16(22)8-6-14(18)3/h5-10H,4,11-12H2,1-3H3,(H,23,26)(H,24,27)/p+1. The van der Waals surface area contributed by atoms with Gasteiger partial charge in [0.15, 0.2) is 13.1 Å². The third kappa shape index (κ3) is 6.54. The molecule has 0 aliphatic heterocycles. The fraction of sp³-hybridized carbons (Fsp3) is 0.300. The maximum absolute atomic E-state index is 12.4. The number of benzene rings is 2. The number of carbonyl (C=O) groups is 2. The summed E-state index contributed by atoms with van der Waals surface area (Å²) in [6.07, 6.45) is 0. The number of aryl methyl sites for hydroxylation is 2. The summed E-state index contributed by atoms with van der Waals surface area (Å²) in [7, 11) is 0. The number of hydrogen-bond donors (Lipinski definition) is 3. The van der Waals surface area contributed by atoms with E-state index in [2.05, 4.69) is 10.6 Å². The topological polar surface area (TPSA) is 62.6 Å². The van der Waals surface area contributed by atoms with E-state index in [4.69, 9.17) is 23.2 Å². The van der Waals surface area contributed by atoms with E-state index in [1.54, 1.807) is 24.3 Å². The van der Waals surface area contributed by atoms with Gasteiger partial charge in [0, 0.05) is 21.4 Å². The maximum atomic E-state index is 12.4. The molecule has 0 spiro atoms. The molecule has 2 aromatic rings. The summed E-state index contributed by atoms with van der Waals surface area (Å²) in [5, 5.41) is 6.85. The quantitative estimate of drug-likeness (QED) is 0.658. The lowest BCUT2D eigenvalue weighted by molar-refractivity contribution is -0.881. The van der Waals surface area contributed by atoms with E-state index in [9.17, 15) is 9.59 Å². The number of hydrogen-bond acceptors (Lipinski definition) is 2. The second-order valence-electron chi connectivity index (χ2n) is 6.47. The second-order valence-corrected chi connectivity index (χ2v) is 7.34. The normalized spacial score (nSPS) is 10.7. The predicted molar refractivity (Wildman–Crippen MR) is 111 cm³/mol. The van der Waals surface area contributed by atoms with Crippen LogP contribution in [0.2, 0.25) is 10.0 Å². The Hall–Kier alpha value is -2.08. The van der Waals surface area contributed by atoms with Crippen LogP contribution in [0, 0.1) is 13.8 Å². The zero-order valence-electron chi connectivity index (χ0n) is 15.7. The van der Waals surface area contributed by atoms with Crippen molar-refractivity contribution in [3.8, 4) is 0 Å². The van der Waals surface area contributed by atoms with Crippen molar-refractivity contribution < 1.29 is 14.5 Å². The fourth-order valence-electron chi connectivity index (χ4n) is 2.61. The summed E-state index contributed by atoms with van der Waals surface area (Å²) >= 11 is 12.0. The largest absolute Gasteiger partial charge is 0.321 e. The minimum atomic E-state index is -0.163. The minimum Gasteiger partial charge on any atom is -0.321 e. The number of amides is 2. The highest BCUT2D eigenvalue weighted by molar-refractivity contribution is 6.31. The van der Waals surface area contributed by atoms with Crippen LogP contribution in [0.5, 0.6) is 0 Å². The number of rotatable bonds is 7.